The maximum absolute atomic E-state index is 9.63. The van der Waals surface area contributed by atoms with Crippen LogP contribution < -0.4 is 5.32 Å². The van der Waals surface area contributed by atoms with Gasteiger partial charge in [-0.2, -0.15) is 11.8 Å². The molecule has 4 heteroatoms. The highest BCUT2D eigenvalue weighted by Crippen LogP contribution is 2.30. The minimum atomic E-state index is -0.303. The van der Waals surface area contributed by atoms with Crippen molar-refractivity contribution in [1.82, 2.24) is 5.32 Å². The summed E-state index contributed by atoms with van der Waals surface area (Å²) in [5.41, 5.74) is 0. The molecule has 0 aromatic rings. The number of rotatable bonds is 4. The van der Waals surface area contributed by atoms with E-state index < -0.39 is 0 Å². The smallest absolute Gasteiger partial charge is 0.0948 e. The second-order valence-electron chi connectivity index (χ2n) is 4.47. The van der Waals surface area contributed by atoms with E-state index in [1.807, 2.05) is 0 Å². The minimum Gasteiger partial charge on any atom is -0.389 e. The molecular weight excluding hydrogens is 210 g/mol. The van der Waals surface area contributed by atoms with Crippen LogP contribution in [-0.2, 0) is 4.74 Å². The summed E-state index contributed by atoms with van der Waals surface area (Å²) in [6, 6.07) is 0.760. The number of aliphatic hydroxyl groups excluding tert-OH is 1. The van der Waals surface area contributed by atoms with Crippen LogP contribution in [0.4, 0.5) is 0 Å². The molecule has 1 aliphatic heterocycles. The maximum atomic E-state index is 9.63. The Hall–Kier alpha value is 0.230. The Morgan fingerprint density at radius 2 is 2.27 bits per heavy atom. The van der Waals surface area contributed by atoms with Gasteiger partial charge in [0, 0.05) is 11.3 Å². The molecule has 2 N–H and O–H groups in total. The van der Waals surface area contributed by atoms with Crippen molar-refractivity contribution in [2.45, 2.75) is 49.6 Å². The normalized spacial score (nSPS) is 41.2. The molecule has 1 saturated carbocycles. The first-order valence-electron chi connectivity index (χ1n) is 5.93. The quantitative estimate of drug-likeness (QED) is 0.758. The van der Waals surface area contributed by atoms with Crippen molar-refractivity contribution in [3.63, 3.8) is 0 Å². The third-order valence-electron chi connectivity index (χ3n) is 3.29. The number of nitrogens with one attached hydrogen (secondary N) is 1. The van der Waals surface area contributed by atoms with Crippen molar-refractivity contribution in [3.8, 4) is 0 Å². The van der Waals surface area contributed by atoms with Crippen LogP contribution in [0.1, 0.15) is 26.2 Å². The topological polar surface area (TPSA) is 41.5 Å². The van der Waals surface area contributed by atoms with Crippen molar-refractivity contribution < 1.29 is 9.84 Å². The number of thioether (sulfide) groups is 1. The average molecular weight is 231 g/mol. The van der Waals surface area contributed by atoms with Gasteiger partial charge in [0.2, 0.25) is 0 Å². The van der Waals surface area contributed by atoms with Crippen LogP contribution >= 0.6 is 11.8 Å². The van der Waals surface area contributed by atoms with Gasteiger partial charge in [-0.1, -0.05) is 6.92 Å². The molecule has 1 saturated heterocycles. The molecule has 2 rings (SSSR count). The molecule has 0 aromatic carbocycles. The van der Waals surface area contributed by atoms with Gasteiger partial charge in [0.25, 0.3) is 0 Å². The number of hydrogen-bond acceptors (Lipinski definition) is 4. The molecule has 0 bridgehead atoms. The fraction of sp³-hybridized carbons (Fsp3) is 1.00. The van der Waals surface area contributed by atoms with E-state index in [0.717, 1.165) is 5.25 Å². The van der Waals surface area contributed by atoms with Crippen molar-refractivity contribution in [3.05, 3.63) is 0 Å². The summed E-state index contributed by atoms with van der Waals surface area (Å²) >= 11 is 2.07. The molecule has 0 aromatic heterocycles. The zero-order valence-corrected chi connectivity index (χ0v) is 10.1. The van der Waals surface area contributed by atoms with Crippen LogP contribution in [0.3, 0.4) is 0 Å². The van der Waals surface area contributed by atoms with Gasteiger partial charge in [-0.05, 0) is 25.0 Å². The maximum Gasteiger partial charge on any atom is 0.0948 e. The zero-order valence-electron chi connectivity index (χ0n) is 9.32. The van der Waals surface area contributed by atoms with Gasteiger partial charge < -0.3 is 15.2 Å². The lowest BCUT2D eigenvalue weighted by Crippen LogP contribution is -2.44. The monoisotopic (exact) mass is 231 g/mol. The highest BCUT2D eigenvalue weighted by atomic mass is 32.2. The third kappa shape index (κ3) is 3.09. The molecule has 0 amide bonds. The van der Waals surface area contributed by atoms with Crippen LogP contribution in [0, 0.1) is 0 Å². The summed E-state index contributed by atoms with van der Waals surface area (Å²) in [6.45, 7) is 3.39. The lowest BCUT2D eigenvalue weighted by molar-refractivity contribution is 0.121. The average Bonchev–Trinajstić information content (AvgIpc) is 2.79. The predicted octanol–water partition coefficient (Wildman–Crippen LogP) is 1.01. The van der Waals surface area contributed by atoms with E-state index in [9.17, 15) is 5.11 Å². The molecular formula is C11H21NO2S. The Morgan fingerprint density at radius 3 is 2.93 bits per heavy atom. The van der Waals surface area contributed by atoms with Gasteiger partial charge in [0.05, 0.1) is 25.4 Å². The zero-order chi connectivity index (χ0) is 10.7. The van der Waals surface area contributed by atoms with E-state index in [4.69, 9.17) is 4.74 Å². The lowest BCUT2D eigenvalue weighted by atomic mass is 10.1. The standard InChI is InChI=1S/C11H21NO2S/c1-2-15-9-4-3-8(5-9)12-10-6-14-7-11(10)13/h8-13H,2-7H2,1H3. The first-order valence-corrected chi connectivity index (χ1v) is 6.98. The molecule has 88 valence electrons. The molecule has 1 heterocycles. The van der Waals surface area contributed by atoms with E-state index in [1.165, 1.54) is 25.0 Å². The lowest BCUT2D eigenvalue weighted by Gasteiger charge is -2.20. The third-order valence-corrected chi connectivity index (χ3v) is 4.52. The summed E-state index contributed by atoms with van der Waals surface area (Å²) < 4.78 is 5.24. The van der Waals surface area contributed by atoms with Crippen LogP contribution in [0.2, 0.25) is 0 Å². The summed E-state index contributed by atoms with van der Waals surface area (Å²) in [4.78, 5) is 0. The van der Waals surface area contributed by atoms with Gasteiger partial charge in [-0.3, -0.25) is 0 Å². The van der Waals surface area contributed by atoms with Crippen LogP contribution in [0.15, 0.2) is 0 Å². The van der Waals surface area contributed by atoms with E-state index in [1.54, 1.807) is 0 Å². The fourth-order valence-electron chi connectivity index (χ4n) is 2.48. The van der Waals surface area contributed by atoms with Crippen molar-refractivity contribution in [2.75, 3.05) is 19.0 Å². The summed E-state index contributed by atoms with van der Waals surface area (Å²) in [6.07, 6.45) is 3.52. The second-order valence-corrected chi connectivity index (χ2v) is 6.04. The van der Waals surface area contributed by atoms with Gasteiger partial charge in [-0.15, -0.1) is 0 Å². The van der Waals surface area contributed by atoms with Crippen molar-refractivity contribution >= 4 is 11.8 Å². The highest BCUT2D eigenvalue weighted by molar-refractivity contribution is 7.99. The van der Waals surface area contributed by atoms with Crippen LogP contribution in [0.5, 0.6) is 0 Å². The Kier molecular flexibility index (Phi) is 4.31. The molecule has 4 atom stereocenters. The summed E-state index contributed by atoms with van der Waals surface area (Å²) in [5.74, 6) is 1.21. The first-order chi connectivity index (χ1) is 7.29. The number of hydrogen-bond donors (Lipinski definition) is 2. The Bertz CT molecular complexity index is 203. The van der Waals surface area contributed by atoms with Crippen LogP contribution in [0.25, 0.3) is 0 Å². The van der Waals surface area contributed by atoms with Gasteiger partial charge in [-0.25, -0.2) is 0 Å². The molecule has 0 radical (unpaired) electrons. The minimum absolute atomic E-state index is 0.167. The number of aliphatic hydroxyl groups is 1. The fourth-order valence-corrected chi connectivity index (χ4v) is 3.63. The van der Waals surface area contributed by atoms with Crippen LogP contribution in [-0.4, -0.2) is 47.5 Å². The number of ether oxygens (including phenoxy) is 1. The van der Waals surface area contributed by atoms with Crippen molar-refractivity contribution in [1.29, 1.82) is 0 Å². The molecule has 4 unspecified atom stereocenters. The molecule has 2 fully saturated rings. The van der Waals surface area contributed by atoms with Crippen molar-refractivity contribution in [2.24, 2.45) is 0 Å². The Morgan fingerprint density at radius 1 is 1.40 bits per heavy atom. The SMILES string of the molecule is CCSC1CCC(NC2COCC2O)C1. The second kappa shape index (κ2) is 5.53. The molecule has 3 nitrogen and oxygen atoms in total. The Labute approximate surface area is 96.0 Å². The van der Waals surface area contributed by atoms with E-state index in [-0.39, 0.29) is 12.1 Å². The molecule has 15 heavy (non-hydrogen) atoms. The largest absolute Gasteiger partial charge is 0.389 e. The summed E-state index contributed by atoms with van der Waals surface area (Å²) in [5, 5.41) is 14.0. The van der Waals surface area contributed by atoms with E-state index >= 15 is 0 Å². The van der Waals surface area contributed by atoms with E-state index in [2.05, 4.69) is 24.0 Å². The highest BCUT2D eigenvalue weighted by Gasteiger charge is 2.31. The van der Waals surface area contributed by atoms with Gasteiger partial charge in [0.15, 0.2) is 0 Å². The summed E-state index contributed by atoms with van der Waals surface area (Å²) in [7, 11) is 0. The molecule has 1 aliphatic carbocycles. The van der Waals surface area contributed by atoms with Gasteiger partial charge >= 0.3 is 0 Å². The van der Waals surface area contributed by atoms with E-state index in [0.29, 0.717) is 19.3 Å². The molecule has 2 aliphatic rings. The Balaban J connectivity index is 1.72. The first kappa shape index (κ1) is 11.7. The molecule has 0 spiro atoms. The predicted molar refractivity (Wildman–Crippen MR) is 63.3 cm³/mol. The van der Waals surface area contributed by atoms with Gasteiger partial charge in [0.1, 0.15) is 0 Å².